The van der Waals surface area contributed by atoms with Crippen molar-refractivity contribution in [3.8, 4) is 6.07 Å². The third kappa shape index (κ3) is 2.59. The number of halogens is 1. The molecule has 0 amide bonds. The quantitative estimate of drug-likeness (QED) is 0.843. The summed E-state index contributed by atoms with van der Waals surface area (Å²) in [5, 5.41) is 12.2. The molecule has 0 bridgehead atoms. The summed E-state index contributed by atoms with van der Waals surface area (Å²) < 4.78 is 13.0. The lowest BCUT2D eigenvalue weighted by Gasteiger charge is -2.13. The summed E-state index contributed by atoms with van der Waals surface area (Å²) in [6.07, 6.45) is 2.56. The van der Waals surface area contributed by atoms with Crippen molar-refractivity contribution < 1.29 is 4.39 Å². The number of benzene rings is 1. The van der Waals surface area contributed by atoms with E-state index in [0.717, 1.165) is 11.5 Å². The van der Waals surface area contributed by atoms with Crippen LogP contribution in [-0.2, 0) is 6.54 Å². The minimum atomic E-state index is -0.283. The van der Waals surface area contributed by atoms with Gasteiger partial charge in [0.15, 0.2) is 0 Å². The second-order valence-corrected chi connectivity index (χ2v) is 4.42. The van der Waals surface area contributed by atoms with Crippen LogP contribution >= 0.6 is 0 Å². The highest BCUT2D eigenvalue weighted by atomic mass is 19.1. The van der Waals surface area contributed by atoms with Crippen LogP contribution in [0.15, 0.2) is 18.2 Å². The van der Waals surface area contributed by atoms with Gasteiger partial charge in [-0.25, -0.2) is 4.39 Å². The van der Waals surface area contributed by atoms with E-state index in [-0.39, 0.29) is 5.82 Å². The average Bonchev–Trinajstić information content (AvgIpc) is 3.10. The van der Waals surface area contributed by atoms with Crippen LogP contribution in [-0.4, -0.2) is 6.04 Å². The first-order valence-corrected chi connectivity index (χ1v) is 5.62. The fraction of sp³-hybridized carbons (Fsp3) is 0.462. The molecule has 1 unspecified atom stereocenters. The molecule has 0 radical (unpaired) electrons. The first-order valence-electron chi connectivity index (χ1n) is 5.62. The van der Waals surface area contributed by atoms with Crippen LogP contribution in [0.1, 0.15) is 30.9 Å². The highest BCUT2D eigenvalue weighted by molar-refractivity contribution is 5.37. The van der Waals surface area contributed by atoms with Crippen molar-refractivity contribution in [2.24, 2.45) is 5.92 Å². The van der Waals surface area contributed by atoms with E-state index in [4.69, 9.17) is 5.26 Å². The normalized spacial score (nSPS) is 16.8. The SMILES string of the molecule is CC(NCc1cc(F)ccc1C#N)C1CC1. The minimum Gasteiger partial charge on any atom is -0.310 e. The second kappa shape index (κ2) is 4.63. The number of rotatable bonds is 4. The van der Waals surface area contributed by atoms with E-state index in [1.807, 2.05) is 0 Å². The molecule has 0 heterocycles. The zero-order valence-electron chi connectivity index (χ0n) is 9.33. The van der Waals surface area contributed by atoms with E-state index in [1.165, 1.54) is 31.0 Å². The van der Waals surface area contributed by atoms with Gasteiger partial charge in [-0.2, -0.15) is 5.26 Å². The molecule has 0 aromatic heterocycles. The van der Waals surface area contributed by atoms with Gasteiger partial charge >= 0.3 is 0 Å². The van der Waals surface area contributed by atoms with Crippen LogP contribution in [0.2, 0.25) is 0 Å². The Labute approximate surface area is 95.1 Å². The Kier molecular flexibility index (Phi) is 3.21. The molecule has 1 aromatic rings. The van der Waals surface area contributed by atoms with Gasteiger partial charge in [0.1, 0.15) is 5.82 Å². The molecule has 1 aromatic carbocycles. The highest BCUT2D eigenvalue weighted by Crippen LogP contribution is 2.32. The monoisotopic (exact) mass is 218 g/mol. The van der Waals surface area contributed by atoms with Gasteiger partial charge in [-0.15, -0.1) is 0 Å². The van der Waals surface area contributed by atoms with Crippen molar-refractivity contribution >= 4 is 0 Å². The van der Waals surface area contributed by atoms with Gasteiger partial charge in [-0.05, 0) is 49.4 Å². The third-order valence-corrected chi connectivity index (χ3v) is 3.13. The Hall–Kier alpha value is -1.40. The zero-order chi connectivity index (χ0) is 11.5. The smallest absolute Gasteiger partial charge is 0.123 e. The van der Waals surface area contributed by atoms with Gasteiger partial charge in [-0.3, -0.25) is 0 Å². The van der Waals surface area contributed by atoms with Crippen LogP contribution in [0.5, 0.6) is 0 Å². The molecule has 16 heavy (non-hydrogen) atoms. The van der Waals surface area contributed by atoms with E-state index in [1.54, 1.807) is 0 Å². The molecule has 0 aliphatic heterocycles. The van der Waals surface area contributed by atoms with E-state index in [9.17, 15) is 4.39 Å². The van der Waals surface area contributed by atoms with Gasteiger partial charge in [-0.1, -0.05) is 0 Å². The number of nitrogens with zero attached hydrogens (tertiary/aromatic N) is 1. The maximum absolute atomic E-state index is 13.0. The largest absolute Gasteiger partial charge is 0.310 e. The van der Waals surface area contributed by atoms with Gasteiger partial charge < -0.3 is 5.32 Å². The van der Waals surface area contributed by atoms with Gasteiger partial charge in [0.05, 0.1) is 11.6 Å². The molecule has 84 valence electrons. The zero-order valence-corrected chi connectivity index (χ0v) is 9.33. The summed E-state index contributed by atoms with van der Waals surface area (Å²) in [6, 6.07) is 6.84. The fourth-order valence-corrected chi connectivity index (χ4v) is 1.85. The van der Waals surface area contributed by atoms with Crippen LogP contribution in [0.4, 0.5) is 4.39 Å². The van der Waals surface area contributed by atoms with Gasteiger partial charge in [0, 0.05) is 12.6 Å². The average molecular weight is 218 g/mol. The molecule has 0 saturated heterocycles. The van der Waals surface area contributed by atoms with Crippen LogP contribution in [0, 0.1) is 23.1 Å². The maximum atomic E-state index is 13.0. The van der Waals surface area contributed by atoms with Crippen molar-refractivity contribution in [3.05, 3.63) is 35.1 Å². The summed E-state index contributed by atoms with van der Waals surface area (Å²) in [7, 11) is 0. The van der Waals surface area contributed by atoms with Crippen LogP contribution in [0.25, 0.3) is 0 Å². The first kappa shape index (κ1) is 11.1. The molecule has 1 aliphatic carbocycles. The Bertz CT molecular complexity index is 418. The minimum absolute atomic E-state index is 0.283. The molecule has 1 atom stereocenters. The fourth-order valence-electron chi connectivity index (χ4n) is 1.85. The first-order chi connectivity index (χ1) is 7.70. The third-order valence-electron chi connectivity index (χ3n) is 3.13. The summed E-state index contributed by atoms with van der Waals surface area (Å²) in [5.41, 5.74) is 1.30. The topological polar surface area (TPSA) is 35.8 Å². The summed E-state index contributed by atoms with van der Waals surface area (Å²) in [5.74, 6) is 0.481. The van der Waals surface area contributed by atoms with Crippen molar-refractivity contribution in [2.45, 2.75) is 32.4 Å². The number of nitriles is 1. The Balaban J connectivity index is 2.02. The lowest BCUT2D eigenvalue weighted by molar-refractivity contribution is 0.494. The van der Waals surface area contributed by atoms with Crippen molar-refractivity contribution in [3.63, 3.8) is 0 Å². The molecule has 1 saturated carbocycles. The van der Waals surface area contributed by atoms with Crippen molar-refractivity contribution in [2.75, 3.05) is 0 Å². The molecule has 0 spiro atoms. The van der Waals surface area contributed by atoms with E-state index in [0.29, 0.717) is 18.2 Å². The second-order valence-electron chi connectivity index (χ2n) is 4.42. The molecule has 1 N–H and O–H groups in total. The van der Waals surface area contributed by atoms with Gasteiger partial charge in [0.25, 0.3) is 0 Å². The van der Waals surface area contributed by atoms with Crippen molar-refractivity contribution in [1.82, 2.24) is 5.32 Å². The lowest BCUT2D eigenvalue weighted by atomic mass is 10.1. The Morgan fingerprint density at radius 3 is 2.94 bits per heavy atom. The van der Waals surface area contributed by atoms with Gasteiger partial charge in [0.2, 0.25) is 0 Å². The van der Waals surface area contributed by atoms with E-state index < -0.39 is 0 Å². The molecule has 2 nitrogen and oxygen atoms in total. The van der Waals surface area contributed by atoms with Crippen LogP contribution < -0.4 is 5.32 Å². The molecule has 1 fully saturated rings. The molecular formula is C13H15FN2. The van der Waals surface area contributed by atoms with E-state index in [2.05, 4.69) is 18.3 Å². The molecule has 3 heteroatoms. The standard InChI is InChI=1S/C13H15FN2/c1-9(10-2-3-10)16-8-12-6-13(14)5-4-11(12)7-15/h4-6,9-10,16H,2-3,8H2,1H3. The number of nitrogens with one attached hydrogen (secondary N) is 1. The summed E-state index contributed by atoms with van der Waals surface area (Å²) in [6.45, 7) is 2.71. The number of hydrogen-bond donors (Lipinski definition) is 1. The predicted molar refractivity (Wildman–Crippen MR) is 60.1 cm³/mol. The molecule has 2 rings (SSSR count). The molecule has 1 aliphatic rings. The van der Waals surface area contributed by atoms with Crippen LogP contribution in [0.3, 0.4) is 0 Å². The Morgan fingerprint density at radius 2 is 2.31 bits per heavy atom. The molecular weight excluding hydrogens is 203 g/mol. The number of hydrogen-bond acceptors (Lipinski definition) is 2. The maximum Gasteiger partial charge on any atom is 0.123 e. The highest BCUT2D eigenvalue weighted by Gasteiger charge is 2.27. The van der Waals surface area contributed by atoms with E-state index >= 15 is 0 Å². The Morgan fingerprint density at radius 1 is 1.56 bits per heavy atom. The summed E-state index contributed by atoms with van der Waals surface area (Å²) >= 11 is 0. The predicted octanol–water partition coefficient (Wildman–Crippen LogP) is 2.59. The van der Waals surface area contributed by atoms with Crippen molar-refractivity contribution in [1.29, 1.82) is 5.26 Å². The lowest BCUT2D eigenvalue weighted by Crippen LogP contribution is -2.27. The summed E-state index contributed by atoms with van der Waals surface area (Å²) in [4.78, 5) is 0.